The minimum Gasteiger partial charge on any atom is -0.429 e. The van der Waals surface area contributed by atoms with Crippen LogP contribution in [0.1, 0.15) is 11.1 Å². The highest BCUT2D eigenvalue weighted by Crippen LogP contribution is 2.25. The normalized spacial score (nSPS) is 10.4. The van der Waals surface area contributed by atoms with E-state index in [-0.39, 0.29) is 18.1 Å². The molecule has 0 heterocycles. The van der Waals surface area contributed by atoms with E-state index in [1.165, 1.54) is 25.1 Å². The number of carbonyl (C=O) groups excluding carboxylic acids is 1. The molecule has 7 nitrogen and oxygen atoms in total. The van der Waals surface area contributed by atoms with Crippen molar-refractivity contribution in [1.29, 1.82) is 0 Å². The van der Waals surface area contributed by atoms with Crippen LogP contribution in [0.5, 0.6) is 11.5 Å². The van der Waals surface area contributed by atoms with Crippen LogP contribution in [0.25, 0.3) is 0 Å². The van der Waals surface area contributed by atoms with Crippen LogP contribution in [-0.4, -0.2) is 18.7 Å². The Kier molecular flexibility index (Phi) is 9.25. The first kappa shape index (κ1) is 22.1. The van der Waals surface area contributed by atoms with Crippen molar-refractivity contribution in [2.75, 3.05) is 12.5 Å². The van der Waals surface area contributed by atoms with Crippen molar-refractivity contribution in [2.24, 2.45) is 0 Å². The van der Waals surface area contributed by atoms with Gasteiger partial charge < -0.3 is 9.47 Å². The first-order chi connectivity index (χ1) is 12.2. The van der Waals surface area contributed by atoms with Gasteiger partial charge in [0.1, 0.15) is 22.6 Å². The van der Waals surface area contributed by atoms with E-state index < -0.39 is 16.4 Å². The van der Waals surface area contributed by atoms with E-state index >= 15 is 0 Å². The van der Waals surface area contributed by atoms with Crippen LogP contribution in [0, 0.1) is 17.2 Å². The molecular weight excluding hydrogens is 384 g/mol. The second-order valence-corrected chi connectivity index (χ2v) is 6.64. The lowest BCUT2D eigenvalue weighted by molar-refractivity contribution is -1.91. The van der Waals surface area contributed by atoms with Crippen molar-refractivity contribution in [3.05, 3.63) is 59.7 Å². The zero-order valence-electron chi connectivity index (χ0n) is 14.5. The third-order valence-electron chi connectivity index (χ3n) is 2.72. The van der Waals surface area contributed by atoms with Gasteiger partial charge in [-0.1, -0.05) is 34.6 Å². The van der Waals surface area contributed by atoms with Gasteiger partial charge in [0.15, 0.2) is 0 Å². The van der Waals surface area contributed by atoms with Gasteiger partial charge in [-0.2, -0.15) is 25.7 Å². The Morgan fingerprint density at radius 3 is 2.23 bits per heavy atom. The molecule has 2 aromatic rings. The number of aryl methyl sites for hydroxylation is 1. The molecule has 26 heavy (non-hydrogen) atoms. The summed E-state index contributed by atoms with van der Waals surface area (Å²) in [5.74, 6) is -0.0143. The Hall–Kier alpha value is -1.97. The number of halogens is 1. The quantitative estimate of drug-likeness (QED) is 0.536. The number of hydrogen-bond acceptors (Lipinski definition) is 8. The molecule has 2 aromatic carbocycles. The molecule has 0 aliphatic carbocycles. The summed E-state index contributed by atoms with van der Waals surface area (Å²) in [4.78, 5) is 11.6. The molecule has 0 saturated carbocycles. The number of rotatable bonds is 5. The molecule has 0 N–H and O–H groups in total. The smallest absolute Gasteiger partial charge is 0.429 e. The molecule has 0 fully saturated rings. The van der Waals surface area contributed by atoms with Crippen molar-refractivity contribution >= 4 is 17.9 Å². The largest absolute Gasteiger partial charge is 0.514 e. The number of benzene rings is 2. The van der Waals surface area contributed by atoms with Gasteiger partial charge in [-0.05, 0) is 37.1 Å². The maximum absolute atomic E-state index is 11.6. The van der Waals surface area contributed by atoms with Gasteiger partial charge in [-0.3, -0.25) is 0 Å². The van der Waals surface area contributed by atoms with E-state index in [4.69, 9.17) is 9.47 Å². The Balaban J connectivity index is 0.00000105. The summed E-state index contributed by atoms with van der Waals surface area (Å²) in [7, 11) is -4.58. The lowest BCUT2D eigenvalue weighted by Gasteiger charge is -2.13. The zero-order chi connectivity index (χ0) is 19.6. The third-order valence-corrected chi connectivity index (χ3v) is 3.08. The first-order valence-electron chi connectivity index (χ1n) is 7.25. The van der Waals surface area contributed by atoms with Crippen LogP contribution < -0.4 is 23.0 Å². The first-order valence-corrected chi connectivity index (χ1v) is 10.1. The van der Waals surface area contributed by atoms with Gasteiger partial charge in [-0.15, -0.1) is 0 Å². The van der Waals surface area contributed by atoms with Crippen molar-refractivity contribution in [1.82, 2.24) is 0 Å². The summed E-state index contributed by atoms with van der Waals surface area (Å²) in [6, 6.07) is 12.9. The molecule has 0 saturated heterocycles. The highest BCUT2D eigenvalue weighted by atomic mass is 35.7. The maximum atomic E-state index is 11.6. The Morgan fingerprint density at radius 2 is 1.69 bits per heavy atom. The number of ether oxygens (including phenoxy) is 2. The lowest BCUT2D eigenvalue weighted by Crippen LogP contribution is -2.63. The average Bonchev–Trinajstić information content (AvgIpc) is 2.56. The van der Waals surface area contributed by atoms with Crippen molar-refractivity contribution in [2.45, 2.75) is 13.5 Å². The van der Waals surface area contributed by atoms with Gasteiger partial charge in [0.25, 0.3) is 5.75 Å². The summed E-state index contributed by atoms with van der Waals surface area (Å²) in [5, 5.41) is 0. The summed E-state index contributed by atoms with van der Waals surface area (Å²) >= 11 is 1.75. The summed E-state index contributed by atoms with van der Waals surface area (Å²) in [6.07, 6.45) is 3.18. The summed E-state index contributed by atoms with van der Waals surface area (Å²) < 4.78 is 45.7. The molecule has 0 spiro atoms. The molecule has 0 aliphatic rings. The SMILES string of the molecule is CSC.Cc1cc(OC(=O)OCc2ccccc2)ccc1O[Cl+3]([O-])([O-])[O-]. The Bertz CT molecular complexity index is 689. The molecule has 142 valence electrons. The highest BCUT2D eigenvalue weighted by Gasteiger charge is 2.21. The molecule has 0 atom stereocenters. The fourth-order valence-electron chi connectivity index (χ4n) is 1.72. The zero-order valence-corrected chi connectivity index (χ0v) is 16.0. The predicted octanol–water partition coefficient (Wildman–Crippen LogP) is 0.966. The fourth-order valence-corrected chi connectivity index (χ4v) is 2.09. The molecular formula is C17H19ClO7S. The molecule has 0 aromatic heterocycles. The third kappa shape index (κ3) is 8.93. The van der Waals surface area contributed by atoms with E-state index in [0.717, 1.165) is 5.56 Å². The highest BCUT2D eigenvalue weighted by molar-refractivity contribution is 7.97. The number of thioether (sulfide) groups is 1. The van der Waals surface area contributed by atoms with Gasteiger partial charge in [0.05, 0.1) is 0 Å². The van der Waals surface area contributed by atoms with Gasteiger partial charge >= 0.3 is 6.16 Å². The number of carbonyl (C=O) groups is 1. The molecule has 0 amide bonds. The van der Waals surface area contributed by atoms with Crippen LogP contribution in [0.2, 0.25) is 0 Å². The van der Waals surface area contributed by atoms with Crippen molar-refractivity contribution in [3.8, 4) is 11.5 Å². The van der Waals surface area contributed by atoms with E-state index in [1.54, 1.807) is 23.9 Å². The topological polar surface area (TPSA) is 114 Å². The maximum Gasteiger partial charge on any atom is 0.514 e. The van der Waals surface area contributed by atoms with E-state index in [2.05, 4.69) is 4.29 Å². The van der Waals surface area contributed by atoms with E-state index in [0.29, 0.717) is 5.56 Å². The molecule has 2 rings (SSSR count). The van der Waals surface area contributed by atoms with Crippen molar-refractivity contribution < 1.29 is 42.8 Å². The molecule has 0 bridgehead atoms. The summed E-state index contributed by atoms with van der Waals surface area (Å²) in [5.41, 5.74) is 1.12. The van der Waals surface area contributed by atoms with Crippen LogP contribution in [-0.2, 0) is 11.3 Å². The Morgan fingerprint density at radius 1 is 1.08 bits per heavy atom. The fraction of sp³-hybridized carbons (Fsp3) is 0.235. The van der Waals surface area contributed by atoms with Crippen LogP contribution >= 0.6 is 11.8 Å². The standard InChI is InChI=1S/C15H13ClO7.C2H6S/c1-11-9-13(7-8-14(11)23-16(18,19)20)22-15(17)21-10-12-5-3-2-4-6-12;1-3-2/h2-9H,10H2,1H3;1-2H3. The molecule has 0 radical (unpaired) electrons. The molecule has 9 heteroatoms. The monoisotopic (exact) mass is 402 g/mol. The van der Waals surface area contributed by atoms with E-state index in [9.17, 15) is 18.8 Å². The van der Waals surface area contributed by atoms with Crippen molar-refractivity contribution in [3.63, 3.8) is 0 Å². The minimum atomic E-state index is -4.58. The molecule has 0 aliphatic heterocycles. The van der Waals surface area contributed by atoms with Gasteiger partial charge in [-0.25, -0.2) is 4.79 Å². The second-order valence-electron chi connectivity index (χ2n) is 4.92. The molecule has 0 unspecified atom stereocenters. The average molecular weight is 403 g/mol. The van der Waals surface area contributed by atoms with E-state index in [1.807, 2.05) is 30.7 Å². The number of hydrogen-bond donors (Lipinski definition) is 0. The predicted molar refractivity (Wildman–Crippen MR) is 88.5 cm³/mol. The minimum absolute atomic E-state index is 0.0627. The van der Waals surface area contributed by atoms with Crippen LogP contribution in [0.4, 0.5) is 4.79 Å². The second kappa shape index (κ2) is 10.9. The van der Waals surface area contributed by atoms with Gasteiger partial charge in [0.2, 0.25) is 0 Å². The van der Waals surface area contributed by atoms with Crippen LogP contribution in [0.15, 0.2) is 48.5 Å². The van der Waals surface area contributed by atoms with Crippen LogP contribution in [0.3, 0.4) is 0 Å². The van der Waals surface area contributed by atoms with Gasteiger partial charge in [0, 0.05) is 11.6 Å². The summed E-state index contributed by atoms with van der Waals surface area (Å²) in [6.45, 7) is 1.56. The Labute approximate surface area is 158 Å². The lowest BCUT2D eigenvalue weighted by atomic mass is 10.2.